The van der Waals surface area contributed by atoms with Crippen molar-refractivity contribution < 1.29 is 14.3 Å². The van der Waals surface area contributed by atoms with Crippen LogP contribution in [-0.4, -0.2) is 28.1 Å². The fourth-order valence-corrected chi connectivity index (χ4v) is 4.54. The van der Waals surface area contributed by atoms with Crippen LogP contribution in [0, 0.1) is 27.7 Å². The number of aryl methyl sites for hydroxylation is 3. The molecule has 0 radical (unpaired) electrons. The van der Waals surface area contributed by atoms with Crippen LogP contribution in [0.1, 0.15) is 28.1 Å². The van der Waals surface area contributed by atoms with Gasteiger partial charge < -0.3 is 9.30 Å². The van der Waals surface area contributed by atoms with Crippen LogP contribution < -0.4 is 15.0 Å². The molecule has 1 fully saturated rings. The van der Waals surface area contributed by atoms with Crippen LogP contribution in [-0.2, 0) is 9.59 Å². The minimum absolute atomic E-state index is 0.0343. The summed E-state index contributed by atoms with van der Waals surface area (Å²) in [5.74, 6) is -0.195. The summed E-state index contributed by atoms with van der Waals surface area (Å²) in [5.41, 5.74) is 6.27. The van der Waals surface area contributed by atoms with Gasteiger partial charge in [0.2, 0.25) is 0 Å². The number of rotatable bonds is 6. The third-order valence-electron chi connectivity index (χ3n) is 5.93. The smallest absolute Gasteiger partial charge is 0.270 e. The molecule has 1 aliphatic heterocycles. The van der Waals surface area contributed by atoms with E-state index in [0.29, 0.717) is 12.3 Å². The zero-order valence-corrected chi connectivity index (χ0v) is 21.0. The van der Waals surface area contributed by atoms with Gasteiger partial charge in [-0.25, -0.2) is 0 Å². The molecule has 0 saturated carbocycles. The van der Waals surface area contributed by atoms with Crippen molar-refractivity contribution in [1.29, 1.82) is 0 Å². The lowest BCUT2D eigenvalue weighted by Gasteiger charge is -2.30. The molecule has 6 nitrogen and oxygen atoms in total. The molecule has 0 spiro atoms. The molecule has 0 atom stereocenters. The third-order valence-corrected chi connectivity index (χ3v) is 6.21. The van der Waals surface area contributed by atoms with E-state index in [4.69, 9.17) is 17.0 Å². The van der Waals surface area contributed by atoms with Crippen molar-refractivity contribution in [3.63, 3.8) is 0 Å². The first-order chi connectivity index (χ1) is 16.7. The summed E-state index contributed by atoms with van der Waals surface area (Å²) in [6.45, 7) is 11.9. The zero-order valence-electron chi connectivity index (χ0n) is 20.2. The first-order valence-electron chi connectivity index (χ1n) is 11.2. The molecule has 1 N–H and O–H groups in total. The molecule has 1 aromatic heterocycles. The summed E-state index contributed by atoms with van der Waals surface area (Å²) in [5, 5.41) is 2.74. The molecule has 0 bridgehead atoms. The number of nitrogens with one attached hydrogen (secondary N) is 1. The second kappa shape index (κ2) is 9.72. The van der Waals surface area contributed by atoms with E-state index in [2.05, 4.69) is 16.5 Å². The normalized spacial score (nSPS) is 14.9. The van der Waals surface area contributed by atoms with Gasteiger partial charge in [0.25, 0.3) is 11.8 Å². The quantitative estimate of drug-likeness (QED) is 0.228. The summed E-state index contributed by atoms with van der Waals surface area (Å²) in [7, 11) is 0. The van der Waals surface area contributed by atoms with Gasteiger partial charge in [0, 0.05) is 17.1 Å². The topological polar surface area (TPSA) is 63.6 Å². The summed E-state index contributed by atoms with van der Waals surface area (Å²) in [4.78, 5) is 27.6. The molecule has 0 aliphatic carbocycles. The first-order valence-corrected chi connectivity index (χ1v) is 11.6. The van der Waals surface area contributed by atoms with E-state index in [1.54, 1.807) is 12.2 Å². The SMILES string of the molecule is C=CCOc1ccc(-n2c(C)cc(/C=C3\C(=O)NC(=S)N(c4ccc(C)cc4C)C3=O)c2C)cc1. The van der Waals surface area contributed by atoms with Crippen LogP contribution >= 0.6 is 12.2 Å². The Morgan fingerprint density at radius 2 is 1.74 bits per heavy atom. The monoisotopic (exact) mass is 485 g/mol. The number of ether oxygens (including phenoxy) is 1. The van der Waals surface area contributed by atoms with E-state index in [9.17, 15) is 9.59 Å². The summed E-state index contributed by atoms with van der Waals surface area (Å²) in [6.07, 6.45) is 3.33. The van der Waals surface area contributed by atoms with Crippen LogP contribution in [0.15, 0.2) is 66.8 Å². The Balaban J connectivity index is 1.70. The number of nitrogens with zero attached hydrogens (tertiary/aromatic N) is 2. The molecule has 3 aromatic rings. The van der Waals surface area contributed by atoms with Crippen molar-refractivity contribution in [3.05, 3.63) is 94.8 Å². The largest absolute Gasteiger partial charge is 0.490 e. The minimum Gasteiger partial charge on any atom is -0.490 e. The number of thiocarbonyl (C=S) groups is 1. The molecule has 1 saturated heterocycles. The molecule has 4 rings (SSSR count). The maximum Gasteiger partial charge on any atom is 0.270 e. The number of benzene rings is 2. The fourth-order valence-electron chi connectivity index (χ4n) is 4.27. The fraction of sp³-hybridized carbons (Fsp3) is 0.179. The highest BCUT2D eigenvalue weighted by Crippen LogP contribution is 2.28. The van der Waals surface area contributed by atoms with E-state index < -0.39 is 11.8 Å². The van der Waals surface area contributed by atoms with Crippen molar-refractivity contribution in [2.75, 3.05) is 11.5 Å². The van der Waals surface area contributed by atoms with Crippen molar-refractivity contribution in [2.45, 2.75) is 27.7 Å². The summed E-state index contributed by atoms with van der Waals surface area (Å²) >= 11 is 5.35. The van der Waals surface area contributed by atoms with E-state index in [0.717, 1.165) is 39.5 Å². The van der Waals surface area contributed by atoms with Crippen LogP contribution in [0.3, 0.4) is 0 Å². The average molecular weight is 486 g/mol. The second-order valence-electron chi connectivity index (χ2n) is 8.50. The van der Waals surface area contributed by atoms with Crippen molar-refractivity contribution in [3.8, 4) is 11.4 Å². The minimum atomic E-state index is -0.505. The molecule has 0 unspecified atom stereocenters. The number of hydrogen-bond donors (Lipinski definition) is 1. The summed E-state index contributed by atoms with van der Waals surface area (Å²) in [6, 6.07) is 15.4. The van der Waals surface area contributed by atoms with E-state index in [-0.39, 0.29) is 10.7 Å². The van der Waals surface area contributed by atoms with Gasteiger partial charge in [-0.3, -0.25) is 19.8 Å². The van der Waals surface area contributed by atoms with Gasteiger partial charge in [-0.05, 0) is 93.5 Å². The molecular weight excluding hydrogens is 458 g/mol. The number of carbonyl (C=O) groups excluding carboxylic acids is 2. The Bertz CT molecular complexity index is 1380. The molecule has 2 heterocycles. The molecule has 35 heavy (non-hydrogen) atoms. The van der Waals surface area contributed by atoms with Gasteiger partial charge in [-0.1, -0.05) is 30.4 Å². The highest BCUT2D eigenvalue weighted by molar-refractivity contribution is 7.80. The van der Waals surface area contributed by atoms with E-state index in [1.165, 1.54) is 4.90 Å². The molecule has 7 heteroatoms. The van der Waals surface area contributed by atoms with Gasteiger partial charge in [0.05, 0.1) is 5.69 Å². The number of hydrogen-bond acceptors (Lipinski definition) is 4. The Morgan fingerprint density at radius 3 is 2.40 bits per heavy atom. The van der Waals surface area contributed by atoms with E-state index in [1.807, 2.05) is 76.2 Å². The van der Waals surface area contributed by atoms with Gasteiger partial charge in [-0.2, -0.15) is 0 Å². The maximum absolute atomic E-state index is 13.5. The predicted octanol–water partition coefficient (Wildman–Crippen LogP) is 5.11. The van der Waals surface area contributed by atoms with Crippen molar-refractivity contribution >= 4 is 40.9 Å². The average Bonchev–Trinajstić information content (AvgIpc) is 3.09. The molecule has 178 valence electrons. The first kappa shape index (κ1) is 24.2. The summed E-state index contributed by atoms with van der Waals surface area (Å²) < 4.78 is 7.64. The zero-order chi connectivity index (χ0) is 25.3. The Morgan fingerprint density at radius 1 is 1.03 bits per heavy atom. The predicted molar refractivity (Wildman–Crippen MR) is 143 cm³/mol. The number of amides is 2. The van der Waals surface area contributed by atoms with Crippen LogP contribution in [0.25, 0.3) is 11.8 Å². The van der Waals surface area contributed by atoms with Gasteiger partial charge in [0.1, 0.15) is 17.9 Å². The van der Waals surface area contributed by atoms with Crippen molar-refractivity contribution in [1.82, 2.24) is 9.88 Å². The highest BCUT2D eigenvalue weighted by atomic mass is 32.1. The number of anilines is 1. The number of carbonyl (C=O) groups is 2. The molecule has 2 amide bonds. The van der Waals surface area contributed by atoms with Crippen molar-refractivity contribution in [2.24, 2.45) is 0 Å². The number of aromatic nitrogens is 1. The lowest BCUT2D eigenvalue weighted by Crippen LogP contribution is -2.54. The van der Waals surface area contributed by atoms with Crippen LogP contribution in [0.5, 0.6) is 5.75 Å². The third kappa shape index (κ3) is 4.68. The molecular formula is C28H27N3O3S. The van der Waals surface area contributed by atoms with Crippen LogP contribution in [0.4, 0.5) is 5.69 Å². The Labute approximate surface area is 210 Å². The second-order valence-corrected chi connectivity index (χ2v) is 8.89. The lowest BCUT2D eigenvalue weighted by atomic mass is 10.0. The van der Waals surface area contributed by atoms with Gasteiger partial charge >= 0.3 is 0 Å². The van der Waals surface area contributed by atoms with Crippen LogP contribution in [0.2, 0.25) is 0 Å². The highest BCUT2D eigenvalue weighted by Gasteiger charge is 2.35. The Kier molecular flexibility index (Phi) is 6.71. The van der Waals surface area contributed by atoms with E-state index >= 15 is 0 Å². The lowest BCUT2D eigenvalue weighted by molar-refractivity contribution is -0.122. The molecule has 1 aliphatic rings. The maximum atomic E-state index is 13.5. The van der Waals surface area contributed by atoms with Gasteiger partial charge in [0.15, 0.2) is 5.11 Å². The standard InChI is InChI=1S/C28H27N3O3S/c1-6-13-34-23-10-8-22(9-11-23)30-19(4)15-21(20(30)5)16-24-26(32)29-28(35)31(27(24)33)25-12-7-17(2)14-18(25)3/h6-12,14-16H,1,13H2,2-5H3,(H,29,32,35)/b24-16+. The Hall–Kier alpha value is -3.97. The molecule has 2 aromatic carbocycles. The van der Waals surface area contributed by atoms with Gasteiger partial charge in [-0.15, -0.1) is 0 Å².